The quantitative estimate of drug-likeness (QED) is 0.290. The van der Waals surface area contributed by atoms with E-state index in [4.69, 9.17) is 0 Å². The van der Waals surface area contributed by atoms with Gasteiger partial charge >= 0.3 is 0 Å². The highest BCUT2D eigenvalue weighted by atomic mass is 16.1. The van der Waals surface area contributed by atoms with Gasteiger partial charge in [0.2, 0.25) is 5.78 Å². The van der Waals surface area contributed by atoms with Gasteiger partial charge in [0.05, 0.1) is 5.69 Å². The second-order valence-electron chi connectivity index (χ2n) is 3.66. The molecule has 1 heterocycles. The van der Waals surface area contributed by atoms with Crippen molar-refractivity contribution in [2.75, 3.05) is 5.43 Å². The average Bonchev–Trinajstić information content (AvgIpc) is 2.49. The van der Waals surface area contributed by atoms with Crippen LogP contribution >= 0.6 is 0 Å². The number of hydrogen-bond acceptors (Lipinski definition) is 5. The Labute approximate surface area is 110 Å². The van der Waals surface area contributed by atoms with Gasteiger partial charge < -0.3 is 0 Å². The molecule has 0 aliphatic carbocycles. The highest BCUT2D eigenvalue weighted by Gasteiger charge is 2.13. The van der Waals surface area contributed by atoms with Crippen LogP contribution in [0.4, 0.5) is 5.69 Å². The van der Waals surface area contributed by atoms with Crippen molar-refractivity contribution in [1.29, 1.82) is 0 Å². The molecule has 0 aliphatic rings. The van der Waals surface area contributed by atoms with E-state index in [9.17, 15) is 9.59 Å². The van der Waals surface area contributed by atoms with Crippen molar-refractivity contribution < 1.29 is 9.59 Å². The van der Waals surface area contributed by atoms with Crippen LogP contribution in [-0.4, -0.2) is 22.8 Å². The molecule has 0 saturated heterocycles. The molecule has 0 atom stereocenters. The zero-order valence-electron chi connectivity index (χ0n) is 9.98. The fraction of sp³-hybridized carbons (Fsp3) is 0. The van der Waals surface area contributed by atoms with Crippen molar-refractivity contribution >= 4 is 23.5 Å². The zero-order valence-corrected chi connectivity index (χ0v) is 9.98. The summed E-state index contributed by atoms with van der Waals surface area (Å²) in [6.45, 7) is 0. The lowest BCUT2D eigenvalue weighted by molar-refractivity contribution is -0.102. The van der Waals surface area contributed by atoms with Crippen LogP contribution in [0.2, 0.25) is 0 Å². The summed E-state index contributed by atoms with van der Waals surface area (Å²) in [5, 5.41) is 3.82. The van der Waals surface area contributed by atoms with Crippen molar-refractivity contribution in [2.45, 2.75) is 0 Å². The molecule has 1 aromatic heterocycles. The first-order chi connectivity index (χ1) is 9.31. The van der Waals surface area contributed by atoms with Crippen LogP contribution in [0, 0.1) is 0 Å². The van der Waals surface area contributed by atoms with E-state index in [1.54, 1.807) is 12.1 Å². The lowest BCUT2D eigenvalue weighted by atomic mass is 10.1. The average molecular weight is 253 g/mol. The standard InChI is InChI=1S/C14H11N3O2/c18-10-13(14(19)11-6-8-15-9-7-11)17-16-12-4-2-1-3-5-12/h1-10,16H. The number of nitrogens with one attached hydrogen (secondary N) is 1. The van der Waals surface area contributed by atoms with E-state index in [1.165, 1.54) is 24.5 Å². The molecule has 0 amide bonds. The smallest absolute Gasteiger partial charge is 0.216 e. The van der Waals surface area contributed by atoms with Gasteiger partial charge in [0.15, 0.2) is 12.0 Å². The molecule has 5 nitrogen and oxygen atoms in total. The number of aldehydes is 1. The van der Waals surface area contributed by atoms with E-state index < -0.39 is 5.78 Å². The van der Waals surface area contributed by atoms with Gasteiger partial charge in [-0.1, -0.05) is 18.2 Å². The molecule has 1 aromatic carbocycles. The largest absolute Gasteiger partial charge is 0.296 e. The molecule has 0 aliphatic heterocycles. The Bertz CT molecular complexity index is 595. The minimum atomic E-state index is -0.444. The fourth-order valence-corrected chi connectivity index (χ4v) is 1.42. The first-order valence-electron chi connectivity index (χ1n) is 5.60. The van der Waals surface area contributed by atoms with E-state index in [1.807, 2.05) is 18.2 Å². The summed E-state index contributed by atoms with van der Waals surface area (Å²) in [5.41, 5.74) is 3.55. The van der Waals surface area contributed by atoms with Crippen LogP contribution in [0.25, 0.3) is 0 Å². The summed E-state index contributed by atoms with van der Waals surface area (Å²) in [6.07, 6.45) is 3.40. The van der Waals surface area contributed by atoms with Gasteiger partial charge in [0.25, 0.3) is 0 Å². The van der Waals surface area contributed by atoms with Crippen molar-refractivity contribution in [3.63, 3.8) is 0 Å². The number of hydrogen-bond donors (Lipinski definition) is 1. The lowest BCUT2D eigenvalue weighted by Gasteiger charge is -2.01. The number of benzene rings is 1. The van der Waals surface area contributed by atoms with Crippen LogP contribution < -0.4 is 5.43 Å². The molecular formula is C14H11N3O2. The third kappa shape index (κ3) is 3.32. The van der Waals surface area contributed by atoms with Crippen molar-refractivity contribution in [3.8, 4) is 0 Å². The summed E-state index contributed by atoms with van der Waals surface area (Å²) in [7, 11) is 0. The fourth-order valence-electron chi connectivity index (χ4n) is 1.42. The second-order valence-corrected chi connectivity index (χ2v) is 3.66. The van der Waals surface area contributed by atoms with Crippen LogP contribution in [0.3, 0.4) is 0 Å². The summed E-state index contributed by atoms with van der Waals surface area (Å²) >= 11 is 0. The molecule has 2 rings (SSSR count). The molecule has 0 spiro atoms. The van der Waals surface area contributed by atoms with Crippen LogP contribution in [0.1, 0.15) is 10.4 Å². The van der Waals surface area contributed by atoms with E-state index in [0.29, 0.717) is 17.5 Å². The van der Waals surface area contributed by atoms with Crippen LogP contribution in [-0.2, 0) is 4.79 Å². The maximum Gasteiger partial charge on any atom is 0.216 e. The SMILES string of the molecule is O=CC(=NNc1ccccc1)C(=O)c1ccncc1. The van der Waals surface area contributed by atoms with E-state index >= 15 is 0 Å². The first kappa shape index (κ1) is 12.6. The Morgan fingerprint density at radius 3 is 2.42 bits per heavy atom. The number of carbonyl (C=O) groups excluding carboxylic acids is 2. The Balaban J connectivity index is 2.16. The number of rotatable bonds is 5. The maximum absolute atomic E-state index is 12.0. The normalized spacial score (nSPS) is 10.8. The number of para-hydroxylation sites is 1. The number of carbonyl (C=O) groups is 2. The number of aromatic nitrogens is 1. The Hall–Kier alpha value is -2.82. The van der Waals surface area contributed by atoms with Crippen molar-refractivity contribution in [3.05, 3.63) is 60.4 Å². The molecule has 0 saturated carbocycles. The third-order valence-corrected chi connectivity index (χ3v) is 2.37. The van der Waals surface area contributed by atoms with Crippen molar-refractivity contribution in [1.82, 2.24) is 4.98 Å². The maximum atomic E-state index is 12.0. The zero-order chi connectivity index (χ0) is 13.5. The highest BCUT2D eigenvalue weighted by molar-refractivity contribution is 6.63. The van der Waals surface area contributed by atoms with Gasteiger partial charge in [-0.3, -0.25) is 20.0 Å². The molecule has 5 heteroatoms. The molecular weight excluding hydrogens is 242 g/mol. The molecule has 0 radical (unpaired) electrons. The number of hydrazone groups is 1. The van der Waals surface area contributed by atoms with Gasteiger partial charge in [-0.2, -0.15) is 5.10 Å². The van der Waals surface area contributed by atoms with E-state index in [0.717, 1.165) is 0 Å². The number of pyridine rings is 1. The summed E-state index contributed by atoms with van der Waals surface area (Å²) in [5.74, 6) is -0.444. The monoisotopic (exact) mass is 253 g/mol. The highest BCUT2D eigenvalue weighted by Crippen LogP contribution is 2.05. The predicted octanol–water partition coefficient (Wildman–Crippen LogP) is 1.93. The number of anilines is 1. The summed E-state index contributed by atoms with van der Waals surface area (Å²) < 4.78 is 0. The molecule has 0 unspecified atom stereocenters. The van der Waals surface area contributed by atoms with Crippen LogP contribution in [0.15, 0.2) is 60.0 Å². The molecule has 94 valence electrons. The van der Waals surface area contributed by atoms with Crippen molar-refractivity contribution in [2.24, 2.45) is 5.10 Å². The minimum absolute atomic E-state index is 0.185. The number of Topliss-reactive ketones (excluding diaryl/α,β-unsaturated/α-hetero) is 1. The molecule has 0 fully saturated rings. The first-order valence-corrected chi connectivity index (χ1v) is 5.60. The van der Waals surface area contributed by atoms with Gasteiger partial charge in [-0.25, -0.2) is 0 Å². The molecule has 1 N–H and O–H groups in total. The van der Waals surface area contributed by atoms with Gasteiger partial charge in [0.1, 0.15) is 0 Å². The Morgan fingerprint density at radius 2 is 1.79 bits per heavy atom. The third-order valence-electron chi connectivity index (χ3n) is 2.37. The molecule has 2 aromatic rings. The van der Waals surface area contributed by atoms with Gasteiger partial charge in [0, 0.05) is 18.0 Å². The van der Waals surface area contributed by atoms with Gasteiger partial charge in [-0.15, -0.1) is 0 Å². The topological polar surface area (TPSA) is 71.4 Å². The molecule has 0 bridgehead atoms. The minimum Gasteiger partial charge on any atom is -0.296 e. The second kappa shape index (κ2) is 6.20. The number of ketones is 1. The predicted molar refractivity (Wildman–Crippen MR) is 72.1 cm³/mol. The number of nitrogens with zero attached hydrogens (tertiary/aromatic N) is 2. The van der Waals surface area contributed by atoms with Crippen LogP contribution in [0.5, 0.6) is 0 Å². The Morgan fingerprint density at radius 1 is 1.11 bits per heavy atom. The summed E-state index contributed by atoms with van der Waals surface area (Å²) in [6, 6.07) is 12.1. The van der Waals surface area contributed by atoms with Gasteiger partial charge in [-0.05, 0) is 24.3 Å². The Kier molecular flexibility index (Phi) is 4.12. The van der Waals surface area contributed by atoms with E-state index in [2.05, 4.69) is 15.5 Å². The summed E-state index contributed by atoms with van der Waals surface area (Å²) in [4.78, 5) is 26.7. The van der Waals surface area contributed by atoms with E-state index in [-0.39, 0.29) is 5.71 Å². The lowest BCUT2D eigenvalue weighted by Crippen LogP contribution is -2.17. The molecule has 19 heavy (non-hydrogen) atoms.